The predicted octanol–water partition coefficient (Wildman–Crippen LogP) is 1.42. The van der Waals surface area contributed by atoms with E-state index in [1.165, 1.54) is 0 Å². The van der Waals surface area contributed by atoms with Crippen molar-refractivity contribution in [2.45, 2.75) is 6.54 Å². The lowest BCUT2D eigenvalue weighted by molar-refractivity contribution is 0.0940. The number of rotatable bonds is 6. The SMILES string of the molecule is COc1ccc(OC)c(-c2cc(C(=O)NCc3nncn3C)no2)c1. The van der Waals surface area contributed by atoms with Crippen LogP contribution in [-0.2, 0) is 13.6 Å². The van der Waals surface area contributed by atoms with E-state index in [1.807, 2.05) is 0 Å². The number of amides is 1. The zero-order valence-electron chi connectivity index (χ0n) is 14.0. The van der Waals surface area contributed by atoms with Gasteiger partial charge < -0.3 is 23.9 Å². The second-order valence-corrected chi connectivity index (χ2v) is 5.18. The number of methoxy groups -OCH3 is 2. The molecule has 9 heteroatoms. The van der Waals surface area contributed by atoms with Gasteiger partial charge in [-0.1, -0.05) is 5.16 Å². The van der Waals surface area contributed by atoms with E-state index in [0.717, 1.165) is 0 Å². The second kappa shape index (κ2) is 7.04. The maximum atomic E-state index is 12.2. The van der Waals surface area contributed by atoms with Crippen molar-refractivity contribution >= 4 is 5.91 Å². The predicted molar refractivity (Wildman–Crippen MR) is 87.2 cm³/mol. The van der Waals surface area contributed by atoms with Gasteiger partial charge in [0.2, 0.25) is 0 Å². The van der Waals surface area contributed by atoms with Gasteiger partial charge in [0.25, 0.3) is 5.91 Å². The number of aryl methyl sites for hydroxylation is 1. The Morgan fingerprint density at radius 3 is 2.80 bits per heavy atom. The number of hydrogen-bond donors (Lipinski definition) is 1. The fourth-order valence-electron chi connectivity index (χ4n) is 2.23. The smallest absolute Gasteiger partial charge is 0.273 e. The first-order valence-electron chi connectivity index (χ1n) is 7.42. The number of benzene rings is 1. The molecule has 0 aliphatic heterocycles. The molecule has 2 heterocycles. The minimum Gasteiger partial charge on any atom is -0.497 e. The van der Waals surface area contributed by atoms with Gasteiger partial charge >= 0.3 is 0 Å². The van der Waals surface area contributed by atoms with Crippen LogP contribution in [0, 0.1) is 0 Å². The molecule has 0 aliphatic carbocycles. The first-order valence-corrected chi connectivity index (χ1v) is 7.42. The van der Waals surface area contributed by atoms with E-state index in [0.29, 0.717) is 28.6 Å². The van der Waals surface area contributed by atoms with Crippen LogP contribution >= 0.6 is 0 Å². The van der Waals surface area contributed by atoms with E-state index in [-0.39, 0.29) is 18.1 Å². The molecule has 2 aromatic heterocycles. The van der Waals surface area contributed by atoms with Crippen molar-refractivity contribution in [1.82, 2.24) is 25.2 Å². The summed E-state index contributed by atoms with van der Waals surface area (Å²) >= 11 is 0. The van der Waals surface area contributed by atoms with E-state index in [4.69, 9.17) is 14.0 Å². The van der Waals surface area contributed by atoms with Gasteiger partial charge in [-0.2, -0.15) is 0 Å². The van der Waals surface area contributed by atoms with E-state index in [2.05, 4.69) is 20.7 Å². The van der Waals surface area contributed by atoms with Gasteiger partial charge in [0, 0.05) is 13.1 Å². The van der Waals surface area contributed by atoms with Gasteiger partial charge in [-0.15, -0.1) is 10.2 Å². The number of carbonyl (C=O) groups excluding carboxylic acids is 1. The molecule has 9 nitrogen and oxygen atoms in total. The van der Waals surface area contributed by atoms with Crippen molar-refractivity contribution in [3.05, 3.63) is 42.1 Å². The van der Waals surface area contributed by atoms with Crippen molar-refractivity contribution in [1.29, 1.82) is 0 Å². The molecule has 3 rings (SSSR count). The molecular weight excluding hydrogens is 326 g/mol. The third-order valence-corrected chi connectivity index (χ3v) is 3.63. The first-order chi connectivity index (χ1) is 12.1. The Labute approximate surface area is 143 Å². The summed E-state index contributed by atoms with van der Waals surface area (Å²) in [5.74, 6) is 1.88. The highest BCUT2D eigenvalue weighted by Crippen LogP contribution is 2.33. The molecule has 1 amide bonds. The summed E-state index contributed by atoms with van der Waals surface area (Å²) < 4.78 is 17.5. The third kappa shape index (κ3) is 3.44. The van der Waals surface area contributed by atoms with E-state index in [1.54, 1.807) is 56.4 Å². The zero-order valence-corrected chi connectivity index (χ0v) is 14.0. The van der Waals surface area contributed by atoms with Crippen LogP contribution in [0.3, 0.4) is 0 Å². The van der Waals surface area contributed by atoms with Crippen LogP contribution < -0.4 is 14.8 Å². The lowest BCUT2D eigenvalue weighted by Crippen LogP contribution is -2.24. The Balaban J connectivity index is 1.78. The Morgan fingerprint density at radius 2 is 2.12 bits per heavy atom. The summed E-state index contributed by atoms with van der Waals surface area (Å²) in [6.07, 6.45) is 1.56. The number of carbonyl (C=O) groups is 1. The van der Waals surface area contributed by atoms with Crippen molar-refractivity contribution < 1.29 is 18.8 Å². The highest BCUT2D eigenvalue weighted by Gasteiger charge is 2.17. The number of hydrogen-bond acceptors (Lipinski definition) is 7. The highest BCUT2D eigenvalue weighted by molar-refractivity contribution is 5.93. The Morgan fingerprint density at radius 1 is 1.28 bits per heavy atom. The normalized spacial score (nSPS) is 10.5. The molecule has 0 unspecified atom stereocenters. The van der Waals surface area contributed by atoms with Crippen LogP contribution in [0.2, 0.25) is 0 Å². The van der Waals surface area contributed by atoms with E-state index >= 15 is 0 Å². The van der Waals surface area contributed by atoms with Crippen LogP contribution in [0.25, 0.3) is 11.3 Å². The fraction of sp³-hybridized carbons (Fsp3) is 0.250. The standard InChI is InChI=1S/C16H17N5O4/c1-21-9-18-19-15(21)8-17-16(22)12-7-14(25-20-12)11-6-10(23-2)4-5-13(11)24-3/h4-7,9H,8H2,1-3H3,(H,17,22). The van der Waals surface area contributed by atoms with Gasteiger partial charge in [-0.05, 0) is 18.2 Å². The molecule has 25 heavy (non-hydrogen) atoms. The summed E-state index contributed by atoms with van der Waals surface area (Å²) in [6, 6.07) is 6.82. The molecule has 130 valence electrons. The Bertz CT molecular complexity index is 886. The van der Waals surface area contributed by atoms with Crippen molar-refractivity contribution in [2.24, 2.45) is 7.05 Å². The Hall–Kier alpha value is -3.36. The van der Waals surface area contributed by atoms with Crippen LogP contribution in [0.5, 0.6) is 11.5 Å². The van der Waals surface area contributed by atoms with Gasteiger partial charge in [0.1, 0.15) is 17.8 Å². The van der Waals surface area contributed by atoms with Crippen molar-refractivity contribution in [2.75, 3.05) is 14.2 Å². The van der Waals surface area contributed by atoms with Gasteiger partial charge in [0.05, 0.1) is 26.3 Å². The van der Waals surface area contributed by atoms with Gasteiger partial charge in [-0.25, -0.2) is 0 Å². The summed E-state index contributed by atoms with van der Waals surface area (Å²) in [4.78, 5) is 12.2. The lowest BCUT2D eigenvalue weighted by atomic mass is 10.1. The van der Waals surface area contributed by atoms with Gasteiger partial charge in [-0.3, -0.25) is 4.79 Å². The number of ether oxygens (including phenoxy) is 2. The van der Waals surface area contributed by atoms with Crippen molar-refractivity contribution in [3.8, 4) is 22.8 Å². The monoisotopic (exact) mass is 343 g/mol. The Kier molecular flexibility index (Phi) is 4.64. The zero-order chi connectivity index (χ0) is 17.8. The van der Waals surface area contributed by atoms with Crippen LogP contribution in [0.1, 0.15) is 16.3 Å². The maximum absolute atomic E-state index is 12.2. The molecular formula is C16H17N5O4. The van der Waals surface area contributed by atoms with Crippen LogP contribution in [0.4, 0.5) is 0 Å². The molecule has 0 radical (unpaired) electrons. The summed E-state index contributed by atoms with van der Waals surface area (Å²) in [7, 11) is 4.91. The molecule has 0 saturated heterocycles. The molecule has 0 spiro atoms. The molecule has 0 atom stereocenters. The van der Waals surface area contributed by atoms with Crippen molar-refractivity contribution in [3.63, 3.8) is 0 Å². The minimum absolute atomic E-state index is 0.155. The summed E-state index contributed by atoms with van der Waals surface area (Å²) in [5.41, 5.74) is 0.795. The molecule has 0 aliphatic rings. The molecule has 1 aromatic carbocycles. The van der Waals surface area contributed by atoms with Gasteiger partial charge in [0.15, 0.2) is 17.3 Å². The van der Waals surface area contributed by atoms with E-state index in [9.17, 15) is 4.79 Å². The average Bonchev–Trinajstić information content (AvgIpc) is 3.28. The average molecular weight is 343 g/mol. The van der Waals surface area contributed by atoms with E-state index < -0.39 is 0 Å². The number of nitrogens with zero attached hydrogens (tertiary/aromatic N) is 4. The summed E-state index contributed by atoms with van der Waals surface area (Å²) in [6.45, 7) is 0.236. The minimum atomic E-state index is -0.375. The quantitative estimate of drug-likeness (QED) is 0.721. The fourth-order valence-corrected chi connectivity index (χ4v) is 2.23. The van der Waals surface area contributed by atoms with Crippen LogP contribution in [0.15, 0.2) is 35.1 Å². The maximum Gasteiger partial charge on any atom is 0.273 e. The number of aromatic nitrogens is 4. The van der Waals surface area contributed by atoms with Crippen LogP contribution in [-0.4, -0.2) is 40.0 Å². The molecule has 0 bridgehead atoms. The topological polar surface area (TPSA) is 104 Å². The third-order valence-electron chi connectivity index (χ3n) is 3.63. The highest BCUT2D eigenvalue weighted by atomic mass is 16.5. The molecule has 0 saturated carbocycles. The largest absolute Gasteiger partial charge is 0.497 e. The second-order valence-electron chi connectivity index (χ2n) is 5.18. The number of nitrogens with one attached hydrogen (secondary N) is 1. The molecule has 0 fully saturated rings. The first kappa shape index (κ1) is 16.5. The molecule has 3 aromatic rings. The lowest BCUT2D eigenvalue weighted by Gasteiger charge is -2.07. The molecule has 1 N–H and O–H groups in total. The summed E-state index contributed by atoms with van der Waals surface area (Å²) in [5, 5.41) is 14.2.